The van der Waals surface area contributed by atoms with E-state index in [0.29, 0.717) is 84.9 Å². The molecule has 8 aliphatic heterocycles. The summed E-state index contributed by atoms with van der Waals surface area (Å²) in [7, 11) is 12.9. The highest BCUT2D eigenvalue weighted by atomic mass is 35.5. The lowest BCUT2D eigenvalue weighted by molar-refractivity contribution is 0.0627. The van der Waals surface area contributed by atoms with Crippen molar-refractivity contribution in [2.45, 2.75) is 59.3 Å². The van der Waals surface area contributed by atoms with E-state index in [0.717, 1.165) is 192 Å². The van der Waals surface area contributed by atoms with Gasteiger partial charge in [-0.3, -0.25) is 82.2 Å². The first-order chi connectivity index (χ1) is 68.1. The van der Waals surface area contributed by atoms with Gasteiger partial charge in [-0.05, 0) is 149 Å². The fourth-order valence-corrected chi connectivity index (χ4v) is 19.4. The van der Waals surface area contributed by atoms with Crippen molar-refractivity contribution in [1.82, 2.24) is 54.0 Å². The van der Waals surface area contributed by atoms with Crippen LogP contribution in [0.2, 0.25) is 5.02 Å². The van der Waals surface area contributed by atoms with Crippen molar-refractivity contribution in [1.29, 1.82) is 0 Å². The van der Waals surface area contributed by atoms with Crippen molar-refractivity contribution < 1.29 is 71.5 Å². The number of hydrogen-bond acceptors (Lipinski definition) is 25. The number of ether oxygens (including phenoxy) is 7. The molecule has 10 aromatic carbocycles. The smallest absolute Gasteiger partial charge is 0.263 e. The summed E-state index contributed by atoms with van der Waals surface area (Å²) in [4.78, 5) is 134. The maximum absolute atomic E-state index is 13.6. The number of pyridine rings is 1. The van der Waals surface area contributed by atoms with Crippen molar-refractivity contribution in [3.63, 3.8) is 0 Å². The van der Waals surface area contributed by atoms with Crippen LogP contribution in [0.4, 0.5) is 22.7 Å². The van der Waals surface area contributed by atoms with Gasteiger partial charge in [-0.25, -0.2) is 4.98 Å². The topological polar surface area (TPSA) is 271 Å². The normalized spacial score (nSPS) is 16.0. The van der Waals surface area contributed by atoms with E-state index in [1.807, 2.05) is 111 Å². The van der Waals surface area contributed by atoms with Gasteiger partial charge >= 0.3 is 0 Å². The summed E-state index contributed by atoms with van der Waals surface area (Å²) in [5.41, 5.74) is 16.5. The number of fused-ring (bicyclic) bond motifs is 4. The molecule has 4 fully saturated rings. The number of methoxy groups -OCH3 is 7. The Hall–Kier alpha value is -15.0. The molecular formula is C109H114ClN15O15. The Labute approximate surface area is 819 Å². The number of benzene rings is 10. The molecule has 12 aromatic rings. The largest absolute Gasteiger partial charge is 0.493 e. The van der Waals surface area contributed by atoms with Crippen LogP contribution < -0.4 is 52.8 Å². The fraction of sp³-hybridized carbons (Fsp3) is 0.303. The lowest BCUT2D eigenvalue weighted by atomic mass is 10.1. The molecule has 0 N–H and O–H groups in total. The highest BCUT2D eigenvalue weighted by Gasteiger charge is 2.44. The van der Waals surface area contributed by atoms with Gasteiger partial charge in [-0.2, -0.15) is 5.10 Å². The maximum atomic E-state index is 13.6. The van der Waals surface area contributed by atoms with E-state index in [4.69, 9.17) is 44.8 Å². The van der Waals surface area contributed by atoms with Gasteiger partial charge in [-0.1, -0.05) is 127 Å². The number of amides is 8. The summed E-state index contributed by atoms with van der Waals surface area (Å²) in [6.07, 6.45) is 3.35. The van der Waals surface area contributed by atoms with Gasteiger partial charge in [0, 0.05) is 166 Å². The number of carbonyl (C=O) groups excluding carboxylic acids is 8. The molecule has 30 nitrogen and oxygen atoms in total. The monoisotopic (exact) mass is 1910 g/mol. The van der Waals surface area contributed by atoms with Crippen molar-refractivity contribution in [3.8, 4) is 40.4 Å². The molecule has 722 valence electrons. The second kappa shape index (κ2) is 43.8. The van der Waals surface area contributed by atoms with Crippen LogP contribution in [0.25, 0.3) is 0 Å². The minimum Gasteiger partial charge on any atom is -0.493 e. The molecule has 4 saturated heterocycles. The first-order valence-electron chi connectivity index (χ1n) is 46.9. The van der Waals surface area contributed by atoms with Gasteiger partial charge in [0.15, 0.2) is 34.5 Å². The highest BCUT2D eigenvalue weighted by molar-refractivity contribution is 6.30. The summed E-state index contributed by atoms with van der Waals surface area (Å²) in [5.74, 6) is 2.18. The number of rotatable bonds is 27. The van der Waals surface area contributed by atoms with Gasteiger partial charge in [0.05, 0.1) is 149 Å². The Morgan fingerprint density at radius 1 is 0.279 bits per heavy atom. The number of piperazine rings is 4. The maximum Gasteiger partial charge on any atom is 0.263 e. The third-order valence-corrected chi connectivity index (χ3v) is 27.3. The Bertz CT molecular complexity index is 6570. The number of imide groups is 4. The number of hydrogen-bond donors (Lipinski definition) is 0. The Balaban J connectivity index is 0.000000129. The predicted molar refractivity (Wildman–Crippen MR) is 534 cm³/mol. The highest BCUT2D eigenvalue weighted by Crippen LogP contribution is 2.41. The van der Waals surface area contributed by atoms with Crippen LogP contribution in [0.1, 0.15) is 133 Å². The quantitative estimate of drug-likeness (QED) is 0.0433. The molecule has 0 aliphatic carbocycles. The summed E-state index contributed by atoms with van der Waals surface area (Å²) >= 11 is 6.01. The van der Waals surface area contributed by atoms with E-state index in [2.05, 4.69) is 116 Å². The fourth-order valence-electron chi connectivity index (χ4n) is 19.3. The summed E-state index contributed by atoms with van der Waals surface area (Å²) in [6, 6.07) is 71.5. The molecule has 140 heavy (non-hydrogen) atoms. The van der Waals surface area contributed by atoms with Gasteiger partial charge in [-0.15, -0.1) is 0 Å². The number of aryl methyl sites for hydroxylation is 1. The molecule has 0 bridgehead atoms. The molecule has 8 amide bonds. The Kier molecular flexibility index (Phi) is 30.3. The number of aromatic nitrogens is 3. The predicted octanol–water partition coefficient (Wildman–Crippen LogP) is 14.4. The second-order valence-electron chi connectivity index (χ2n) is 35.4. The van der Waals surface area contributed by atoms with E-state index < -0.39 is 0 Å². The van der Waals surface area contributed by atoms with Crippen molar-refractivity contribution in [3.05, 3.63) is 337 Å². The van der Waals surface area contributed by atoms with E-state index in [1.165, 1.54) is 36.3 Å². The van der Waals surface area contributed by atoms with Crippen LogP contribution in [0.15, 0.2) is 237 Å². The zero-order valence-corrected chi connectivity index (χ0v) is 81.0. The first-order valence-corrected chi connectivity index (χ1v) is 47.3. The molecule has 8 aliphatic rings. The van der Waals surface area contributed by atoms with Crippen LogP contribution in [-0.4, -0.2) is 256 Å². The Morgan fingerprint density at radius 3 is 0.864 bits per heavy atom. The molecule has 0 saturated carbocycles. The van der Waals surface area contributed by atoms with Crippen LogP contribution in [0, 0.1) is 6.92 Å². The molecule has 2 aromatic heterocycles. The van der Waals surface area contributed by atoms with E-state index in [9.17, 15) is 38.4 Å². The zero-order chi connectivity index (χ0) is 97.8. The summed E-state index contributed by atoms with van der Waals surface area (Å²) in [5, 5.41) is 4.98. The molecule has 0 unspecified atom stereocenters. The van der Waals surface area contributed by atoms with Gasteiger partial charge in [0.1, 0.15) is 0 Å². The number of carbonyl (C=O) groups is 8. The molecule has 20 rings (SSSR count). The average Bonchev–Trinajstić information content (AvgIpc) is 1.62. The minimum absolute atomic E-state index is 0.158. The zero-order valence-electron chi connectivity index (χ0n) is 80.2. The van der Waals surface area contributed by atoms with Crippen LogP contribution in [0.3, 0.4) is 0 Å². The minimum atomic E-state index is -0.279. The van der Waals surface area contributed by atoms with Crippen molar-refractivity contribution in [2.75, 3.05) is 174 Å². The Morgan fingerprint density at radius 2 is 0.564 bits per heavy atom. The van der Waals surface area contributed by atoms with E-state index in [-0.39, 0.29) is 73.4 Å². The first kappa shape index (κ1) is 96.7. The van der Waals surface area contributed by atoms with Crippen LogP contribution in [-0.2, 0) is 59.4 Å². The van der Waals surface area contributed by atoms with Gasteiger partial charge in [0.25, 0.3) is 47.3 Å². The van der Waals surface area contributed by atoms with E-state index in [1.54, 1.807) is 128 Å². The molecule has 0 spiro atoms. The van der Waals surface area contributed by atoms with Gasteiger partial charge in [0.2, 0.25) is 5.88 Å². The average molecular weight is 1910 g/mol. The van der Waals surface area contributed by atoms with Crippen LogP contribution in [0.5, 0.6) is 40.4 Å². The van der Waals surface area contributed by atoms with Crippen molar-refractivity contribution >= 4 is 81.6 Å². The van der Waals surface area contributed by atoms with Crippen LogP contribution >= 0.6 is 11.6 Å². The van der Waals surface area contributed by atoms with E-state index >= 15 is 0 Å². The summed E-state index contributed by atoms with van der Waals surface area (Å²) < 4.78 is 39.1. The lowest BCUT2D eigenvalue weighted by Gasteiger charge is -2.36. The molecule has 0 atom stereocenters. The molecular weight excluding hydrogens is 1790 g/mol. The van der Waals surface area contributed by atoms with Crippen molar-refractivity contribution in [2.24, 2.45) is 7.05 Å². The second-order valence-corrected chi connectivity index (χ2v) is 35.8. The van der Waals surface area contributed by atoms with Gasteiger partial charge < -0.3 is 52.8 Å². The molecule has 31 heteroatoms. The molecule has 0 radical (unpaired) electrons. The third-order valence-electron chi connectivity index (χ3n) is 27.0. The molecule has 10 heterocycles. The SMILES string of the molecule is COc1cc(CN2C(=O)c3cccc(N4CCN(Cc5ccccc5)CC4)c3C2=O)ccn1.COc1ccc(CN2C(=O)c3cccc(N4CCN(Cc5ccc(Cl)cc5)CC4)c3C2=O)cc1OC.COc1ccc(CN2CCN(c3cccc4c3C(=O)N(Cc3ccc(OC)c(OC)c3)C4=O)CC2)cc1OC.Cc1c(CN2C(=O)c3cccc(N4CCN(Cc5ccccc5)CC4)c3C2=O)cnn1C. The summed E-state index contributed by atoms with van der Waals surface area (Å²) in [6.45, 7) is 19.6. The number of anilines is 4. The third kappa shape index (κ3) is 21.1. The number of halogens is 1. The lowest BCUT2D eigenvalue weighted by Crippen LogP contribution is -2.46. The number of nitrogens with zero attached hydrogens (tertiary/aromatic N) is 15. The standard InChI is InChI=1S/C30H33N3O6.C28H28ClN3O4.C26H26N4O3.C25H27N5O2/c1-36-24-10-8-20(16-26(24)38-3)18-31-12-14-32(15-13-31)23-7-5-6-22-28(23)30(35)33(29(22)34)19-21-9-11-25(37-2)27(17-21)39-4;1-35-24-11-8-20(16-25(24)36-2)18-32-27(33)22-4-3-5-23(26(22)28(32)34)31-14-12-30(13-15-31)17-19-6-9-21(29)10-7-19;1-33-23-16-20(10-11-27-23)18-30-25(31)21-8-5-9-22(24(21)26(30)32)29-14-12-28(13-15-29)17-19-6-3-2-4-7-19;1-18-20(15-26-27(18)2)17-30-24(31)21-9-6-10-22(23(21)25(30)32)29-13-11-28(12-14-29)16-19-7-4-3-5-8-19/h5-11,16-17H,12-15,18-19H2,1-4H3;3-11,16H,12-15,17-18H2,1-2H3;2-11,16H,12-15,17-18H2,1H3;3-10,15H,11-14,16-17H2,1-2H3.